The minimum atomic E-state index is -0.419. The number of benzene rings is 1. The average molecular weight is 385 g/mol. The van der Waals surface area contributed by atoms with Gasteiger partial charge in [-0.1, -0.05) is 22.9 Å². The molecule has 0 spiro atoms. The Morgan fingerprint density at radius 3 is 2.74 bits per heavy atom. The molecule has 126 valence electrons. The van der Waals surface area contributed by atoms with Gasteiger partial charge in [-0.25, -0.2) is 4.79 Å². The van der Waals surface area contributed by atoms with Crippen molar-refractivity contribution < 1.29 is 19.1 Å². The molecule has 0 aromatic heterocycles. The van der Waals surface area contributed by atoms with E-state index in [9.17, 15) is 9.59 Å². The smallest absolute Gasteiger partial charge is 0.337 e. The molecular weight excluding hydrogens is 364 g/mol. The van der Waals surface area contributed by atoms with E-state index in [1.54, 1.807) is 18.2 Å². The highest BCUT2D eigenvalue weighted by Crippen LogP contribution is 2.26. The van der Waals surface area contributed by atoms with Crippen LogP contribution in [0.3, 0.4) is 0 Å². The molecule has 7 heteroatoms. The van der Waals surface area contributed by atoms with E-state index in [4.69, 9.17) is 9.47 Å². The van der Waals surface area contributed by atoms with Crippen molar-refractivity contribution in [2.45, 2.75) is 30.7 Å². The molecule has 0 unspecified atom stereocenters. The van der Waals surface area contributed by atoms with Crippen LogP contribution in [-0.4, -0.2) is 43.1 Å². The van der Waals surface area contributed by atoms with Gasteiger partial charge in [0.2, 0.25) is 5.91 Å². The lowest BCUT2D eigenvalue weighted by Gasteiger charge is -2.27. The monoisotopic (exact) mass is 384 g/mol. The molecule has 2 rings (SSSR count). The van der Waals surface area contributed by atoms with E-state index in [1.165, 1.54) is 7.11 Å². The molecule has 1 amide bonds. The zero-order chi connectivity index (χ0) is 16.8. The second-order valence-electron chi connectivity index (χ2n) is 5.28. The van der Waals surface area contributed by atoms with Crippen molar-refractivity contribution in [1.82, 2.24) is 0 Å². The first-order chi connectivity index (χ1) is 11.0. The van der Waals surface area contributed by atoms with Crippen molar-refractivity contribution in [3.63, 3.8) is 0 Å². The maximum absolute atomic E-state index is 12.1. The van der Waals surface area contributed by atoms with Gasteiger partial charge >= 0.3 is 5.97 Å². The molecule has 1 aromatic carbocycles. The highest BCUT2D eigenvalue weighted by molar-refractivity contribution is 9.10. The van der Waals surface area contributed by atoms with E-state index in [2.05, 4.69) is 26.6 Å². The number of carbonyl (C=O) groups excluding carboxylic acids is 2. The second-order valence-corrected chi connectivity index (χ2v) is 6.38. The van der Waals surface area contributed by atoms with Gasteiger partial charge in [0.05, 0.1) is 35.0 Å². The number of hydrogen-bond acceptors (Lipinski definition) is 5. The van der Waals surface area contributed by atoms with Crippen molar-refractivity contribution in [3.8, 4) is 0 Å². The van der Waals surface area contributed by atoms with Crippen LogP contribution in [0, 0.1) is 0 Å². The standard InChI is InChI=1S/C16H21BrN2O4/c1-3-12(17)15(20)19-13-5-4-10(16(21)22-2)8-14(13)18-9-11-6-7-23-11/h4-5,8,11-12,18H,3,6-7,9H2,1-2H3,(H,19,20)/t11-,12+/m0/s1. The number of carbonyl (C=O) groups is 2. The second kappa shape index (κ2) is 8.31. The van der Waals surface area contributed by atoms with Crippen LogP contribution < -0.4 is 10.6 Å². The van der Waals surface area contributed by atoms with Gasteiger partial charge in [0.25, 0.3) is 0 Å². The Balaban J connectivity index is 2.16. The summed E-state index contributed by atoms with van der Waals surface area (Å²) in [6.45, 7) is 3.32. The molecule has 1 aliphatic heterocycles. The molecule has 2 N–H and O–H groups in total. The number of hydrogen-bond donors (Lipinski definition) is 2. The Labute approximate surface area is 144 Å². The topological polar surface area (TPSA) is 76.7 Å². The first-order valence-corrected chi connectivity index (χ1v) is 8.49. The summed E-state index contributed by atoms with van der Waals surface area (Å²) in [5.74, 6) is -0.543. The number of rotatable bonds is 7. The molecule has 6 nitrogen and oxygen atoms in total. The Morgan fingerprint density at radius 1 is 1.43 bits per heavy atom. The predicted molar refractivity (Wildman–Crippen MR) is 92.3 cm³/mol. The predicted octanol–water partition coefficient (Wildman–Crippen LogP) is 2.79. The van der Waals surface area contributed by atoms with Crippen LogP contribution in [0.1, 0.15) is 30.1 Å². The van der Waals surface area contributed by atoms with Gasteiger partial charge in [0, 0.05) is 13.2 Å². The first-order valence-electron chi connectivity index (χ1n) is 7.58. The van der Waals surface area contributed by atoms with Crippen LogP contribution >= 0.6 is 15.9 Å². The summed E-state index contributed by atoms with van der Waals surface area (Å²) in [6.07, 6.45) is 1.86. The van der Waals surface area contributed by atoms with Crippen molar-refractivity contribution in [2.75, 3.05) is 30.9 Å². The molecule has 1 heterocycles. The fourth-order valence-electron chi connectivity index (χ4n) is 2.11. The lowest BCUT2D eigenvalue weighted by molar-refractivity contribution is -0.115. The van der Waals surface area contributed by atoms with Crippen LogP contribution in [0.5, 0.6) is 0 Å². The van der Waals surface area contributed by atoms with Crippen molar-refractivity contribution >= 4 is 39.2 Å². The Hall–Kier alpha value is -1.60. The lowest BCUT2D eigenvalue weighted by Crippen LogP contribution is -2.33. The highest BCUT2D eigenvalue weighted by atomic mass is 79.9. The van der Waals surface area contributed by atoms with Crippen LogP contribution in [-0.2, 0) is 14.3 Å². The van der Waals surface area contributed by atoms with Crippen LogP contribution in [0.4, 0.5) is 11.4 Å². The molecular formula is C16H21BrN2O4. The molecule has 0 aliphatic carbocycles. The average Bonchev–Trinajstić information content (AvgIpc) is 2.52. The molecule has 0 radical (unpaired) electrons. The van der Waals surface area contributed by atoms with Crippen LogP contribution in [0.2, 0.25) is 0 Å². The third kappa shape index (κ3) is 4.68. The van der Waals surface area contributed by atoms with Crippen molar-refractivity contribution in [1.29, 1.82) is 0 Å². The summed E-state index contributed by atoms with van der Waals surface area (Å²) < 4.78 is 10.1. The Morgan fingerprint density at radius 2 is 2.17 bits per heavy atom. The summed E-state index contributed by atoms with van der Waals surface area (Å²) in [6, 6.07) is 5.00. The fourth-order valence-corrected chi connectivity index (χ4v) is 2.22. The van der Waals surface area contributed by atoms with Gasteiger partial charge < -0.3 is 20.1 Å². The third-order valence-corrected chi connectivity index (χ3v) is 4.72. The maximum Gasteiger partial charge on any atom is 0.337 e. The minimum absolute atomic E-state index is 0.124. The van der Waals surface area contributed by atoms with E-state index in [0.717, 1.165) is 13.0 Å². The maximum atomic E-state index is 12.1. The molecule has 1 aromatic rings. The summed E-state index contributed by atoms with van der Waals surface area (Å²) >= 11 is 3.33. The zero-order valence-electron chi connectivity index (χ0n) is 13.2. The summed E-state index contributed by atoms with van der Waals surface area (Å²) in [4.78, 5) is 23.5. The molecule has 1 aliphatic rings. The number of anilines is 2. The molecule has 1 fully saturated rings. The van der Waals surface area contributed by atoms with Crippen LogP contribution in [0.15, 0.2) is 18.2 Å². The van der Waals surface area contributed by atoms with E-state index in [1.807, 2.05) is 6.92 Å². The van der Waals surface area contributed by atoms with Gasteiger partial charge in [0.15, 0.2) is 0 Å². The number of nitrogens with one attached hydrogen (secondary N) is 2. The minimum Gasteiger partial charge on any atom is -0.465 e. The number of esters is 1. The largest absolute Gasteiger partial charge is 0.465 e. The normalized spacial score (nSPS) is 17.8. The van der Waals surface area contributed by atoms with Crippen molar-refractivity contribution in [2.24, 2.45) is 0 Å². The SMILES string of the molecule is CC[C@@H](Br)C(=O)Nc1ccc(C(=O)OC)cc1NC[C@@H]1CCO1. The highest BCUT2D eigenvalue weighted by Gasteiger charge is 2.20. The molecule has 1 saturated heterocycles. The fraction of sp³-hybridized carbons (Fsp3) is 0.500. The Kier molecular flexibility index (Phi) is 6.41. The number of alkyl halides is 1. The third-order valence-electron chi connectivity index (χ3n) is 3.66. The number of methoxy groups -OCH3 is 1. The lowest BCUT2D eigenvalue weighted by atomic mass is 10.1. The van der Waals surface area contributed by atoms with E-state index in [-0.39, 0.29) is 16.8 Å². The number of ether oxygens (including phenoxy) is 2. The summed E-state index contributed by atoms with van der Waals surface area (Å²) in [5, 5.41) is 6.10. The van der Waals surface area contributed by atoms with E-state index < -0.39 is 5.97 Å². The van der Waals surface area contributed by atoms with Gasteiger partial charge in [-0.05, 0) is 31.0 Å². The molecule has 0 saturated carbocycles. The zero-order valence-corrected chi connectivity index (χ0v) is 14.8. The van der Waals surface area contributed by atoms with E-state index >= 15 is 0 Å². The van der Waals surface area contributed by atoms with Gasteiger partial charge in [-0.15, -0.1) is 0 Å². The molecule has 23 heavy (non-hydrogen) atoms. The summed E-state index contributed by atoms with van der Waals surface area (Å²) in [5.41, 5.74) is 1.72. The molecule has 0 bridgehead atoms. The number of amides is 1. The van der Waals surface area contributed by atoms with E-state index in [0.29, 0.717) is 29.9 Å². The van der Waals surface area contributed by atoms with Crippen molar-refractivity contribution in [3.05, 3.63) is 23.8 Å². The van der Waals surface area contributed by atoms with Crippen LogP contribution in [0.25, 0.3) is 0 Å². The van der Waals surface area contributed by atoms with Gasteiger partial charge in [-0.2, -0.15) is 0 Å². The quantitative estimate of drug-likeness (QED) is 0.558. The number of halogens is 1. The first kappa shape index (κ1) is 17.7. The van der Waals surface area contributed by atoms with Gasteiger partial charge in [-0.3, -0.25) is 4.79 Å². The van der Waals surface area contributed by atoms with Gasteiger partial charge in [0.1, 0.15) is 0 Å². The Bertz CT molecular complexity index is 575. The summed E-state index contributed by atoms with van der Waals surface area (Å²) in [7, 11) is 1.34. The molecule has 2 atom stereocenters.